The molecule has 0 atom stereocenters. The van der Waals surface area contributed by atoms with E-state index in [0.717, 1.165) is 57.1 Å². The maximum atomic E-state index is 12.1. The van der Waals surface area contributed by atoms with Crippen molar-refractivity contribution in [1.82, 2.24) is 20.5 Å². The van der Waals surface area contributed by atoms with Crippen LogP contribution in [0.4, 0.5) is 4.79 Å². The van der Waals surface area contributed by atoms with Gasteiger partial charge in [0.15, 0.2) is 5.96 Å². The summed E-state index contributed by atoms with van der Waals surface area (Å²) in [7, 11) is 1.78. The van der Waals surface area contributed by atoms with Crippen molar-refractivity contribution in [3.8, 4) is 0 Å². The van der Waals surface area contributed by atoms with Crippen molar-refractivity contribution in [1.29, 1.82) is 0 Å². The van der Waals surface area contributed by atoms with E-state index >= 15 is 0 Å². The Morgan fingerprint density at radius 2 is 2.00 bits per heavy atom. The fraction of sp³-hybridized carbons (Fsp3) is 0.650. The van der Waals surface area contributed by atoms with Crippen molar-refractivity contribution < 1.29 is 9.53 Å². The number of rotatable bonds is 5. The minimum absolute atomic E-state index is 0. The summed E-state index contributed by atoms with van der Waals surface area (Å²) in [6.45, 7) is 8.81. The standard InChI is InChI=1S/C20H33N5O2.HI/c1-20(2,3)27-19(26)25-13-9-16(10-14-25)15-24-18(21-4)23-12-8-17-7-5-6-11-22-17;/h5-7,11,16H,8-10,12-15H2,1-4H3,(H2,21,23,24);1H. The molecule has 1 fully saturated rings. The first-order valence-electron chi connectivity index (χ1n) is 9.70. The Bertz CT molecular complexity index is 611. The lowest BCUT2D eigenvalue weighted by Gasteiger charge is -2.33. The van der Waals surface area contributed by atoms with Gasteiger partial charge in [0.25, 0.3) is 0 Å². The molecular formula is C20H34IN5O2. The van der Waals surface area contributed by atoms with Crippen molar-refractivity contribution >= 4 is 36.0 Å². The molecule has 1 saturated heterocycles. The molecule has 0 bridgehead atoms. The topological polar surface area (TPSA) is 78.9 Å². The third-order valence-corrected chi connectivity index (χ3v) is 4.45. The molecule has 28 heavy (non-hydrogen) atoms. The van der Waals surface area contributed by atoms with Gasteiger partial charge in [-0.1, -0.05) is 6.07 Å². The van der Waals surface area contributed by atoms with Gasteiger partial charge >= 0.3 is 6.09 Å². The van der Waals surface area contributed by atoms with E-state index in [1.807, 2.05) is 50.1 Å². The van der Waals surface area contributed by atoms with E-state index in [2.05, 4.69) is 20.6 Å². The molecule has 0 aliphatic carbocycles. The first kappa shape index (κ1) is 24.5. The molecule has 8 heteroatoms. The van der Waals surface area contributed by atoms with Gasteiger partial charge in [-0.25, -0.2) is 4.79 Å². The van der Waals surface area contributed by atoms with Gasteiger partial charge in [0.2, 0.25) is 0 Å². The van der Waals surface area contributed by atoms with E-state index in [9.17, 15) is 4.79 Å². The van der Waals surface area contributed by atoms with Gasteiger partial charge in [0.05, 0.1) is 0 Å². The lowest BCUT2D eigenvalue weighted by Crippen LogP contribution is -2.45. The highest BCUT2D eigenvalue weighted by atomic mass is 127. The Labute approximate surface area is 185 Å². The predicted octanol–water partition coefficient (Wildman–Crippen LogP) is 3.05. The van der Waals surface area contributed by atoms with Crippen LogP contribution in [0.2, 0.25) is 0 Å². The Balaban J connectivity index is 0.00000392. The summed E-state index contributed by atoms with van der Waals surface area (Å²) >= 11 is 0. The Morgan fingerprint density at radius 1 is 1.29 bits per heavy atom. The Hall–Kier alpha value is -1.58. The summed E-state index contributed by atoms with van der Waals surface area (Å²) in [5.74, 6) is 1.33. The highest BCUT2D eigenvalue weighted by Crippen LogP contribution is 2.19. The Kier molecular flexibility index (Phi) is 10.6. The van der Waals surface area contributed by atoms with Crippen LogP contribution in [0.15, 0.2) is 29.4 Å². The number of nitrogens with zero attached hydrogens (tertiary/aromatic N) is 3. The number of carbonyl (C=O) groups is 1. The van der Waals surface area contributed by atoms with E-state index in [0.29, 0.717) is 5.92 Å². The van der Waals surface area contributed by atoms with Crippen LogP contribution >= 0.6 is 24.0 Å². The molecule has 2 N–H and O–H groups in total. The number of likely N-dealkylation sites (tertiary alicyclic amines) is 1. The second-order valence-corrected chi connectivity index (χ2v) is 7.86. The van der Waals surface area contributed by atoms with Gasteiger partial charge in [0.1, 0.15) is 5.60 Å². The van der Waals surface area contributed by atoms with Crippen LogP contribution in [-0.4, -0.2) is 60.8 Å². The first-order valence-corrected chi connectivity index (χ1v) is 9.70. The van der Waals surface area contributed by atoms with Gasteiger partial charge in [-0.3, -0.25) is 9.98 Å². The number of piperidine rings is 1. The molecule has 1 aromatic rings. The SMILES string of the molecule is CN=C(NCCc1ccccn1)NCC1CCN(C(=O)OC(C)(C)C)CC1.I. The normalized spacial score (nSPS) is 15.6. The smallest absolute Gasteiger partial charge is 0.410 e. The lowest BCUT2D eigenvalue weighted by atomic mass is 9.97. The molecular weight excluding hydrogens is 469 g/mol. The summed E-state index contributed by atoms with van der Waals surface area (Å²) in [5.41, 5.74) is 0.623. The average molecular weight is 503 g/mol. The summed E-state index contributed by atoms with van der Waals surface area (Å²) in [4.78, 5) is 22.5. The molecule has 158 valence electrons. The largest absolute Gasteiger partial charge is 0.444 e. The number of hydrogen-bond donors (Lipinski definition) is 2. The molecule has 1 aromatic heterocycles. The third kappa shape index (κ3) is 9.07. The third-order valence-electron chi connectivity index (χ3n) is 4.45. The Morgan fingerprint density at radius 3 is 2.57 bits per heavy atom. The summed E-state index contributed by atoms with van der Waals surface area (Å²) in [5, 5.41) is 6.72. The second kappa shape index (κ2) is 12.1. The monoisotopic (exact) mass is 503 g/mol. The molecule has 0 unspecified atom stereocenters. The molecule has 1 aliphatic rings. The van der Waals surface area contributed by atoms with Gasteiger partial charge in [-0.05, 0) is 51.7 Å². The number of aliphatic imine (C=N–C) groups is 1. The molecule has 2 heterocycles. The zero-order valence-electron chi connectivity index (χ0n) is 17.4. The number of halogens is 1. The maximum absolute atomic E-state index is 12.1. The van der Waals surface area contributed by atoms with E-state index < -0.39 is 5.60 Å². The van der Waals surface area contributed by atoms with E-state index in [1.165, 1.54) is 0 Å². The molecule has 1 amide bonds. The molecule has 0 saturated carbocycles. The van der Waals surface area contributed by atoms with Crippen LogP contribution < -0.4 is 10.6 Å². The van der Waals surface area contributed by atoms with Crippen molar-refractivity contribution in [3.63, 3.8) is 0 Å². The van der Waals surface area contributed by atoms with E-state index in [-0.39, 0.29) is 30.1 Å². The van der Waals surface area contributed by atoms with Gasteiger partial charge in [-0.2, -0.15) is 0 Å². The summed E-state index contributed by atoms with van der Waals surface area (Å²) < 4.78 is 5.45. The summed E-state index contributed by atoms with van der Waals surface area (Å²) in [6.07, 6.45) is 4.40. The van der Waals surface area contributed by atoms with Gasteiger partial charge < -0.3 is 20.3 Å². The minimum Gasteiger partial charge on any atom is -0.444 e. The molecule has 7 nitrogen and oxygen atoms in total. The van der Waals surface area contributed by atoms with Crippen molar-refractivity contribution in [2.45, 2.75) is 45.6 Å². The molecule has 2 rings (SSSR count). The maximum Gasteiger partial charge on any atom is 0.410 e. The predicted molar refractivity (Wildman–Crippen MR) is 123 cm³/mol. The number of guanidine groups is 1. The first-order chi connectivity index (χ1) is 12.9. The van der Waals surface area contributed by atoms with Gasteiger partial charge in [-0.15, -0.1) is 24.0 Å². The fourth-order valence-corrected chi connectivity index (χ4v) is 2.96. The fourth-order valence-electron chi connectivity index (χ4n) is 2.96. The zero-order chi connectivity index (χ0) is 19.7. The molecule has 0 spiro atoms. The van der Waals surface area contributed by atoms with Crippen molar-refractivity contribution in [2.75, 3.05) is 33.2 Å². The number of nitrogens with one attached hydrogen (secondary N) is 2. The van der Waals surface area contributed by atoms with E-state index in [1.54, 1.807) is 7.05 Å². The van der Waals surface area contributed by atoms with Gasteiger partial charge in [0, 0.05) is 51.5 Å². The quantitative estimate of drug-likeness (QED) is 0.367. The number of pyridine rings is 1. The number of carbonyl (C=O) groups excluding carboxylic acids is 1. The van der Waals surface area contributed by atoms with Crippen LogP contribution in [0, 0.1) is 5.92 Å². The summed E-state index contributed by atoms with van der Waals surface area (Å²) in [6, 6.07) is 5.95. The van der Waals surface area contributed by atoms with Crippen LogP contribution in [0.3, 0.4) is 0 Å². The van der Waals surface area contributed by atoms with Crippen molar-refractivity contribution in [2.24, 2.45) is 10.9 Å². The molecule has 0 radical (unpaired) electrons. The van der Waals surface area contributed by atoms with Crippen LogP contribution in [0.1, 0.15) is 39.3 Å². The van der Waals surface area contributed by atoms with Crippen LogP contribution in [0.25, 0.3) is 0 Å². The number of ether oxygens (including phenoxy) is 1. The number of amides is 1. The van der Waals surface area contributed by atoms with Crippen LogP contribution in [-0.2, 0) is 11.2 Å². The second-order valence-electron chi connectivity index (χ2n) is 7.86. The zero-order valence-corrected chi connectivity index (χ0v) is 19.7. The number of hydrogen-bond acceptors (Lipinski definition) is 4. The highest BCUT2D eigenvalue weighted by Gasteiger charge is 2.26. The average Bonchev–Trinajstić information content (AvgIpc) is 2.64. The number of aromatic nitrogens is 1. The van der Waals surface area contributed by atoms with Crippen LogP contribution in [0.5, 0.6) is 0 Å². The highest BCUT2D eigenvalue weighted by molar-refractivity contribution is 14.0. The minimum atomic E-state index is -0.442. The lowest BCUT2D eigenvalue weighted by molar-refractivity contribution is 0.0185. The van der Waals surface area contributed by atoms with Crippen molar-refractivity contribution in [3.05, 3.63) is 30.1 Å². The molecule has 0 aromatic carbocycles. The molecule has 1 aliphatic heterocycles. The van der Waals surface area contributed by atoms with E-state index in [4.69, 9.17) is 4.74 Å².